The van der Waals surface area contributed by atoms with Crippen molar-refractivity contribution in [2.75, 3.05) is 6.61 Å². The fourth-order valence-electron chi connectivity index (χ4n) is 2.61. The highest BCUT2D eigenvalue weighted by atomic mass is 16.6. The second-order valence-corrected chi connectivity index (χ2v) is 7.58. The molecule has 1 aromatic heterocycles. The summed E-state index contributed by atoms with van der Waals surface area (Å²) in [7, 11) is 0. The van der Waals surface area contributed by atoms with Crippen LogP contribution < -0.4 is 4.74 Å². The normalized spacial score (nSPS) is 11.7. The quantitative estimate of drug-likeness (QED) is 0.690. The van der Waals surface area contributed by atoms with E-state index < -0.39 is 5.60 Å². The summed E-state index contributed by atoms with van der Waals surface area (Å²) in [5.41, 5.74) is 0.856. The first kappa shape index (κ1) is 20.7. The van der Waals surface area contributed by atoms with E-state index in [4.69, 9.17) is 14.2 Å². The molecule has 0 amide bonds. The van der Waals surface area contributed by atoms with Gasteiger partial charge in [0, 0.05) is 23.2 Å². The second-order valence-electron chi connectivity index (χ2n) is 7.58. The van der Waals surface area contributed by atoms with E-state index in [1.807, 2.05) is 40.7 Å². The van der Waals surface area contributed by atoms with E-state index in [1.54, 1.807) is 19.2 Å². The van der Waals surface area contributed by atoms with Crippen LogP contribution >= 0.6 is 0 Å². The minimum absolute atomic E-state index is 0.0320. The van der Waals surface area contributed by atoms with Gasteiger partial charge in [-0.3, -0.25) is 14.3 Å². The van der Waals surface area contributed by atoms with Gasteiger partial charge < -0.3 is 14.2 Å². The van der Waals surface area contributed by atoms with E-state index in [2.05, 4.69) is 5.10 Å². The molecule has 0 atom stereocenters. The third-order valence-electron chi connectivity index (χ3n) is 3.45. The molecule has 1 aromatic carbocycles. The molecule has 0 bridgehead atoms. The van der Waals surface area contributed by atoms with Crippen molar-refractivity contribution in [2.45, 2.75) is 66.2 Å². The summed E-state index contributed by atoms with van der Waals surface area (Å²) in [6, 6.07) is 3.64. The number of aromatic nitrogens is 2. The van der Waals surface area contributed by atoms with Crippen LogP contribution in [0.4, 0.5) is 0 Å². The lowest BCUT2D eigenvalue weighted by Gasteiger charge is -2.20. The average Bonchev–Trinajstić information content (AvgIpc) is 2.86. The van der Waals surface area contributed by atoms with Crippen LogP contribution in [0.5, 0.6) is 5.75 Å². The summed E-state index contributed by atoms with van der Waals surface area (Å²) in [5, 5.41) is 5.22. The van der Waals surface area contributed by atoms with Crippen LogP contribution in [0.15, 0.2) is 18.3 Å². The summed E-state index contributed by atoms with van der Waals surface area (Å²) < 4.78 is 17.8. The van der Waals surface area contributed by atoms with Crippen molar-refractivity contribution >= 4 is 22.8 Å². The zero-order chi connectivity index (χ0) is 20.2. The van der Waals surface area contributed by atoms with Gasteiger partial charge in [-0.05, 0) is 47.6 Å². The number of rotatable bonds is 7. The molecule has 0 saturated carbocycles. The fraction of sp³-hybridized carbons (Fsp3) is 0.550. The molecule has 0 saturated heterocycles. The van der Waals surface area contributed by atoms with E-state index in [9.17, 15) is 9.59 Å². The van der Waals surface area contributed by atoms with Gasteiger partial charge in [-0.1, -0.05) is 0 Å². The number of carbonyl (C=O) groups excluding carboxylic acids is 2. The topological polar surface area (TPSA) is 79.7 Å². The molecular formula is C20H28N2O5. The van der Waals surface area contributed by atoms with Gasteiger partial charge >= 0.3 is 11.9 Å². The van der Waals surface area contributed by atoms with Crippen molar-refractivity contribution in [3.63, 3.8) is 0 Å². The van der Waals surface area contributed by atoms with Gasteiger partial charge in [0.2, 0.25) is 0 Å². The summed E-state index contributed by atoms with van der Waals surface area (Å²) >= 11 is 0. The Balaban J connectivity index is 2.32. The molecule has 0 N–H and O–H groups in total. The number of fused-ring (bicyclic) bond motifs is 1. The number of benzene rings is 1. The molecular weight excluding hydrogens is 348 g/mol. The van der Waals surface area contributed by atoms with Crippen molar-refractivity contribution in [1.29, 1.82) is 0 Å². The van der Waals surface area contributed by atoms with E-state index >= 15 is 0 Å². The molecule has 2 rings (SSSR count). The lowest BCUT2D eigenvalue weighted by atomic mass is 10.1. The molecule has 0 aliphatic heterocycles. The van der Waals surface area contributed by atoms with E-state index in [-0.39, 0.29) is 31.0 Å². The molecule has 0 fully saturated rings. The number of ether oxygens (including phenoxy) is 3. The summed E-state index contributed by atoms with van der Waals surface area (Å²) in [4.78, 5) is 23.9. The van der Waals surface area contributed by atoms with Gasteiger partial charge in [0.1, 0.15) is 17.9 Å². The highest BCUT2D eigenvalue weighted by Gasteiger charge is 2.20. The van der Waals surface area contributed by atoms with Gasteiger partial charge in [-0.15, -0.1) is 0 Å². The number of esters is 2. The minimum atomic E-state index is -0.551. The molecule has 2 aromatic rings. The van der Waals surface area contributed by atoms with Gasteiger partial charge in [0.15, 0.2) is 0 Å². The number of hydrogen-bond acceptors (Lipinski definition) is 6. The SMILES string of the molecule is CCOC(=O)Cn1cc2cc(CC(=O)OC(C)(C)C)c(OC(C)C)cc2n1. The highest BCUT2D eigenvalue weighted by Crippen LogP contribution is 2.27. The molecule has 148 valence electrons. The minimum Gasteiger partial charge on any atom is -0.491 e. The lowest BCUT2D eigenvalue weighted by molar-refractivity contribution is -0.154. The Hall–Kier alpha value is -2.57. The molecule has 0 spiro atoms. The third-order valence-corrected chi connectivity index (χ3v) is 3.45. The summed E-state index contributed by atoms with van der Waals surface area (Å²) in [6.45, 7) is 11.4. The Morgan fingerprint density at radius 1 is 1.19 bits per heavy atom. The fourth-order valence-corrected chi connectivity index (χ4v) is 2.61. The zero-order valence-electron chi connectivity index (χ0n) is 16.9. The van der Waals surface area contributed by atoms with E-state index in [0.717, 1.165) is 10.9 Å². The van der Waals surface area contributed by atoms with Crippen LogP contribution in [-0.2, 0) is 32.0 Å². The van der Waals surface area contributed by atoms with E-state index in [0.29, 0.717) is 17.9 Å². The van der Waals surface area contributed by atoms with Crippen molar-refractivity contribution in [3.8, 4) is 5.75 Å². The highest BCUT2D eigenvalue weighted by molar-refractivity contribution is 5.84. The Morgan fingerprint density at radius 3 is 2.48 bits per heavy atom. The molecule has 0 radical (unpaired) electrons. The van der Waals surface area contributed by atoms with Crippen LogP contribution in [-0.4, -0.2) is 40.0 Å². The van der Waals surface area contributed by atoms with Crippen molar-refractivity contribution in [1.82, 2.24) is 9.78 Å². The lowest BCUT2D eigenvalue weighted by Crippen LogP contribution is -2.25. The van der Waals surface area contributed by atoms with Crippen LogP contribution in [0.3, 0.4) is 0 Å². The summed E-state index contributed by atoms with van der Waals surface area (Å²) in [5.74, 6) is -0.0861. The van der Waals surface area contributed by atoms with Crippen LogP contribution in [0.1, 0.15) is 47.1 Å². The maximum atomic E-state index is 12.3. The Kier molecular flexibility index (Phi) is 6.46. The largest absolute Gasteiger partial charge is 0.491 e. The Bertz CT molecular complexity index is 818. The molecule has 0 unspecified atom stereocenters. The molecule has 0 aliphatic rings. The average molecular weight is 376 g/mol. The van der Waals surface area contributed by atoms with Gasteiger partial charge in [0.25, 0.3) is 0 Å². The number of carbonyl (C=O) groups is 2. The predicted molar refractivity (Wildman–Crippen MR) is 102 cm³/mol. The van der Waals surface area contributed by atoms with Crippen LogP contribution in [0, 0.1) is 0 Å². The molecule has 27 heavy (non-hydrogen) atoms. The van der Waals surface area contributed by atoms with Gasteiger partial charge in [-0.25, -0.2) is 0 Å². The molecule has 1 heterocycles. The first-order valence-electron chi connectivity index (χ1n) is 9.11. The van der Waals surface area contributed by atoms with Gasteiger partial charge in [0.05, 0.1) is 24.6 Å². The first-order valence-corrected chi connectivity index (χ1v) is 9.11. The van der Waals surface area contributed by atoms with Crippen LogP contribution in [0.25, 0.3) is 10.9 Å². The monoisotopic (exact) mass is 376 g/mol. The smallest absolute Gasteiger partial charge is 0.327 e. The molecule has 7 nitrogen and oxygen atoms in total. The number of hydrogen-bond donors (Lipinski definition) is 0. The number of nitrogens with zero attached hydrogens (tertiary/aromatic N) is 2. The Morgan fingerprint density at radius 2 is 1.89 bits per heavy atom. The van der Waals surface area contributed by atoms with E-state index in [1.165, 1.54) is 4.68 Å². The second kappa shape index (κ2) is 8.41. The van der Waals surface area contributed by atoms with Gasteiger partial charge in [-0.2, -0.15) is 5.10 Å². The van der Waals surface area contributed by atoms with Crippen LogP contribution in [0.2, 0.25) is 0 Å². The zero-order valence-corrected chi connectivity index (χ0v) is 16.9. The van der Waals surface area contributed by atoms with Crippen molar-refractivity contribution in [3.05, 3.63) is 23.9 Å². The maximum absolute atomic E-state index is 12.3. The maximum Gasteiger partial charge on any atom is 0.327 e. The standard InChI is InChI=1S/C20H28N2O5/c1-7-25-19(24)12-22-11-15-8-14(9-18(23)27-20(4,5)6)17(26-13(2)3)10-16(15)21-22/h8,10-11,13H,7,9,12H2,1-6H3. The predicted octanol–water partition coefficient (Wildman–Crippen LogP) is 3.27. The van der Waals surface area contributed by atoms with Crippen molar-refractivity contribution < 1.29 is 23.8 Å². The molecule has 7 heteroatoms. The summed E-state index contributed by atoms with van der Waals surface area (Å²) in [6.07, 6.45) is 1.80. The van der Waals surface area contributed by atoms with Crippen molar-refractivity contribution in [2.24, 2.45) is 0 Å². The first-order chi connectivity index (χ1) is 12.6. The third kappa shape index (κ3) is 6.27. The Labute approximate surface area is 159 Å². The molecule has 0 aliphatic carbocycles.